The summed E-state index contributed by atoms with van der Waals surface area (Å²) in [5.74, 6) is -1.63. The molecule has 1 aliphatic carbocycles. The Balaban J connectivity index is 1.91. The number of halogens is 2. The van der Waals surface area contributed by atoms with Gasteiger partial charge in [-0.1, -0.05) is 0 Å². The molecule has 3 nitrogen and oxygen atoms in total. The van der Waals surface area contributed by atoms with Gasteiger partial charge in [0.15, 0.2) is 17.4 Å². The second-order valence-corrected chi connectivity index (χ2v) is 5.25. The predicted octanol–water partition coefficient (Wildman–Crippen LogP) is 3.16. The largest absolute Gasteiger partial charge is 0.484 e. The van der Waals surface area contributed by atoms with Crippen molar-refractivity contribution in [3.05, 3.63) is 36.2 Å². The van der Waals surface area contributed by atoms with E-state index in [4.69, 9.17) is 10.5 Å². The average Bonchev–Trinajstić information content (AvgIpc) is 2.45. The molecule has 1 aromatic heterocycles. The van der Waals surface area contributed by atoms with Crippen molar-refractivity contribution in [2.24, 2.45) is 5.73 Å². The minimum Gasteiger partial charge on any atom is -0.484 e. The van der Waals surface area contributed by atoms with Crippen molar-refractivity contribution in [1.29, 1.82) is 0 Å². The number of rotatable bonds is 2. The van der Waals surface area contributed by atoms with Gasteiger partial charge in [-0.2, -0.15) is 0 Å². The second-order valence-electron chi connectivity index (χ2n) is 5.25. The summed E-state index contributed by atoms with van der Waals surface area (Å²) in [5.41, 5.74) is 5.81. The summed E-state index contributed by atoms with van der Waals surface area (Å²) in [5, 5.41) is 0.754. The molecule has 0 amide bonds. The molecule has 3 rings (SSSR count). The standard InChI is InChI=1S/C15H16F2N2O/c16-13-7-9-8-19-6-5-12(9)14(17)15(13)20-11-3-1-10(18)2-4-11/h5-8,10-11H,1-4,18H2. The number of nitrogens with zero attached hydrogens (tertiary/aromatic N) is 1. The molecular formula is C15H16F2N2O. The first-order valence-electron chi connectivity index (χ1n) is 6.79. The molecule has 5 heteroatoms. The zero-order valence-corrected chi connectivity index (χ0v) is 11.0. The third-order valence-corrected chi connectivity index (χ3v) is 3.79. The van der Waals surface area contributed by atoms with Gasteiger partial charge < -0.3 is 10.5 Å². The molecule has 1 heterocycles. The van der Waals surface area contributed by atoms with Gasteiger partial charge in [0.1, 0.15) is 0 Å². The van der Waals surface area contributed by atoms with E-state index in [0.717, 1.165) is 25.7 Å². The van der Waals surface area contributed by atoms with Gasteiger partial charge in [-0.3, -0.25) is 4.98 Å². The predicted molar refractivity (Wildman–Crippen MR) is 72.5 cm³/mol. The maximum atomic E-state index is 14.3. The smallest absolute Gasteiger partial charge is 0.191 e. The fraction of sp³-hybridized carbons (Fsp3) is 0.400. The fourth-order valence-electron chi connectivity index (χ4n) is 2.63. The summed E-state index contributed by atoms with van der Waals surface area (Å²) in [6, 6.07) is 2.95. The lowest BCUT2D eigenvalue weighted by molar-refractivity contribution is 0.135. The maximum Gasteiger partial charge on any atom is 0.191 e. The molecule has 2 aromatic rings. The van der Waals surface area contributed by atoms with Crippen molar-refractivity contribution in [2.45, 2.75) is 37.8 Å². The summed E-state index contributed by atoms with van der Waals surface area (Å²) in [6.45, 7) is 0. The monoisotopic (exact) mass is 278 g/mol. The van der Waals surface area contributed by atoms with Crippen LogP contribution in [-0.2, 0) is 0 Å². The molecule has 1 aliphatic rings. The zero-order chi connectivity index (χ0) is 14.1. The Morgan fingerprint density at radius 3 is 2.70 bits per heavy atom. The quantitative estimate of drug-likeness (QED) is 0.918. The van der Waals surface area contributed by atoms with Crippen LogP contribution in [-0.4, -0.2) is 17.1 Å². The number of fused-ring (bicyclic) bond motifs is 1. The van der Waals surface area contributed by atoms with Crippen molar-refractivity contribution in [2.75, 3.05) is 0 Å². The molecule has 0 saturated heterocycles. The molecule has 1 aromatic carbocycles. The van der Waals surface area contributed by atoms with Gasteiger partial charge in [0.2, 0.25) is 0 Å². The van der Waals surface area contributed by atoms with Crippen LogP contribution in [0.1, 0.15) is 25.7 Å². The van der Waals surface area contributed by atoms with Crippen molar-refractivity contribution >= 4 is 10.8 Å². The van der Waals surface area contributed by atoms with E-state index in [1.807, 2.05) is 0 Å². The Morgan fingerprint density at radius 2 is 1.95 bits per heavy atom. The molecule has 0 radical (unpaired) electrons. The Labute approximate surface area is 115 Å². The Bertz CT molecular complexity index is 625. The molecule has 1 saturated carbocycles. The van der Waals surface area contributed by atoms with E-state index in [1.54, 1.807) is 0 Å². The first-order valence-corrected chi connectivity index (χ1v) is 6.79. The van der Waals surface area contributed by atoms with Crippen molar-refractivity contribution in [1.82, 2.24) is 4.98 Å². The topological polar surface area (TPSA) is 48.1 Å². The summed E-state index contributed by atoms with van der Waals surface area (Å²) < 4.78 is 33.9. The lowest BCUT2D eigenvalue weighted by atomic mass is 9.93. The van der Waals surface area contributed by atoms with Crippen molar-refractivity contribution in [3.63, 3.8) is 0 Å². The van der Waals surface area contributed by atoms with E-state index in [1.165, 1.54) is 24.5 Å². The summed E-state index contributed by atoms with van der Waals surface area (Å²) in [7, 11) is 0. The molecule has 2 N–H and O–H groups in total. The molecule has 0 spiro atoms. The van der Waals surface area contributed by atoms with Gasteiger partial charge >= 0.3 is 0 Å². The molecular weight excluding hydrogens is 262 g/mol. The Hall–Kier alpha value is -1.75. The van der Waals surface area contributed by atoms with Gasteiger partial charge in [0.05, 0.1) is 6.10 Å². The number of hydrogen-bond donors (Lipinski definition) is 1. The van der Waals surface area contributed by atoms with Gasteiger partial charge in [-0.15, -0.1) is 0 Å². The van der Waals surface area contributed by atoms with Crippen molar-refractivity contribution in [3.8, 4) is 5.75 Å². The van der Waals surface area contributed by atoms with Crippen LogP contribution in [0.2, 0.25) is 0 Å². The van der Waals surface area contributed by atoms with E-state index < -0.39 is 11.6 Å². The number of nitrogens with two attached hydrogens (primary N) is 1. The molecule has 0 bridgehead atoms. The van der Waals surface area contributed by atoms with Crippen LogP contribution in [0.3, 0.4) is 0 Å². The average molecular weight is 278 g/mol. The summed E-state index contributed by atoms with van der Waals surface area (Å²) in [4.78, 5) is 3.86. The van der Waals surface area contributed by atoms with Crippen LogP contribution < -0.4 is 10.5 Å². The highest BCUT2D eigenvalue weighted by Crippen LogP contribution is 2.32. The minimum atomic E-state index is -0.683. The molecule has 20 heavy (non-hydrogen) atoms. The second kappa shape index (κ2) is 5.32. The Morgan fingerprint density at radius 1 is 1.20 bits per heavy atom. The minimum absolute atomic E-state index is 0.168. The van der Waals surface area contributed by atoms with E-state index in [2.05, 4.69) is 4.98 Å². The van der Waals surface area contributed by atoms with Crippen LogP contribution >= 0.6 is 0 Å². The van der Waals surface area contributed by atoms with Crippen LogP contribution in [0.15, 0.2) is 24.5 Å². The third kappa shape index (κ3) is 2.45. The van der Waals surface area contributed by atoms with Crippen LogP contribution in [0, 0.1) is 11.6 Å². The zero-order valence-electron chi connectivity index (χ0n) is 11.0. The molecule has 1 fully saturated rings. The van der Waals surface area contributed by atoms with Crippen LogP contribution in [0.4, 0.5) is 8.78 Å². The Kier molecular flexibility index (Phi) is 3.53. The SMILES string of the molecule is NC1CCC(Oc2c(F)cc3cnccc3c2F)CC1. The van der Waals surface area contributed by atoms with Crippen LogP contribution in [0.25, 0.3) is 10.8 Å². The van der Waals surface area contributed by atoms with E-state index >= 15 is 0 Å². The molecule has 106 valence electrons. The normalized spacial score (nSPS) is 22.9. The van der Waals surface area contributed by atoms with Gasteiger partial charge in [-0.25, -0.2) is 8.78 Å². The number of benzene rings is 1. The fourth-order valence-corrected chi connectivity index (χ4v) is 2.63. The van der Waals surface area contributed by atoms with Gasteiger partial charge in [-0.05, 0) is 37.8 Å². The number of pyridine rings is 1. The first kappa shape index (κ1) is 13.2. The first-order chi connectivity index (χ1) is 9.65. The van der Waals surface area contributed by atoms with E-state index in [9.17, 15) is 8.78 Å². The number of aromatic nitrogens is 1. The van der Waals surface area contributed by atoms with E-state index in [-0.39, 0.29) is 17.9 Å². The van der Waals surface area contributed by atoms with Gasteiger partial charge in [0.25, 0.3) is 0 Å². The van der Waals surface area contributed by atoms with Crippen molar-refractivity contribution < 1.29 is 13.5 Å². The summed E-state index contributed by atoms with van der Waals surface area (Å²) >= 11 is 0. The summed E-state index contributed by atoms with van der Waals surface area (Å²) in [6.07, 6.45) is 5.86. The molecule has 0 atom stereocenters. The number of ether oxygens (including phenoxy) is 1. The highest BCUT2D eigenvalue weighted by atomic mass is 19.1. The highest BCUT2D eigenvalue weighted by Gasteiger charge is 2.23. The molecule has 0 aliphatic heterocycles. The maximum absolute atomic E-state index is 14.3. The van der Waals surface area contributed by atoms with Gasteiger partial charge in [0, 0.05) is 29.2 Å². The molecule has 0 unspecified atom stereocenters. The number of hydrogen-bond acceptors (Lipinski definition) is 3. The lowest BCUT2D eigenvalue weighted by Gasteiger charge is -2.27. The van der Waals surface area contributed by atoms with E-state index in [0.29, 0.717) is 10.8 Å². The van der Waals surface area contributed by atoms with Crippen LogP contribution in [0.5, 0.6) is 5.75 Å². The lowest BCUT2D eigenvalue weighted by Crippen LogP contribution is -2.32. The highest BCUT2D eigenvalue weighted by molar-refractivity contribution is 5.83. The third-order valence-electron chi connectivity index (χ3n) is 3.79.